The van der Waals surface area contributed by atoms with Crippen molar-refractivity contribution in [1.82, 2.24) is 24.9 Å². The number of H-pyrrole nitrogens is 1. The summed E-state index contributed by atoms with van der Waals surface area (Å²) in [5.41, 5.74) is 2.78. The minimum Gasteiger partial charge on any atom is -0.481 e. The number of anilines is 1. The van der Waals surface area contributed by atoms with Crippen LogP contribution in [-0.2, 0) is 0 Å². The Morgan fingerprint density at radius 3 is 2.52 bits per heavy atom. The molecule has 196 valence electrons. The van der Waals surface area contributed by atoms with E-state index in [9.17, 15) is 9.59 Å². The third-order valence-electron chi connectivity index (χ3n) is 6.05. The topological polar surface area (TPSA) is 132 Å². The molecule has 4 aromatic heterocycles. The van der Waals surface area contributed by atoms with Crippen LogP contribution < -0.4 is 20.2 Å². The van der Waals surface area contributed by atoms with Gasteiger partial charge in [-0.25, -0.2) is 19.7 Å². The van der Waals surface area contributed by atoms with Gasteiger partial charge in [-0.15, -0.1) is 0 Å². The zero-order valence-electron chi connectivity index (χ0n) is 20.9. The molecule has 2 aromatic carbocycles. The highest BCUT2D eigenvalue weighted by atomic mass is 35.5. The zero-order valence-corrected chi connectivity index (χ0v) is 21.6. The fraction of sp³-hybridized carbons (Fsp3) is 0.0345. The Bertz CT molecular complexity index is 1950. The van der Waals surface area contributed by atoms with Crippen molar-refractivity contribution in [2.24, 2.45) is 0 Å². The van der Waals surface area contributed by atoms with Crippen LogP contribution in [0.1, 0.15) is 0 Å². The maximum Gasteiger partial charge on any atom is 0.417 e. The Hall–Kier alpha value is -5.35. The number of aromatic amines is 1. The van der Waals surface area contributed by atoms with Gasteiger partial charge in [0.2, 0.25) is 11.3 Å². The second-order valence-electron chi connectivity index (χ2n) is 8.60. The van der Waals surface area contributed by atoms with Crippen molar-refractivity contribution in [3.8, 4) is 34.1 Å². The largest absolute Gasteiger partial charge is 0.481 e. The maximum absolute atomic E-state index is 13.5. The summed E-state index contributed by atoms with van der Waals surface area (Å²) in [5.74, 6) is 0.541. The van der Waals surface area contributed by atoms with Gasteiger partial charge >= 0.3 is 6.09 Å². The zero-order chi connectivity index (χ0) is 27.6. The van der Waals surface area contributed by atoms with Crippen molar-refractivity contribution >= 4 is 45.4 Å². The molecule has 40 heavy (non-hydrogen) atoms. The number of methoxy groups -OCH3 is 1. The van der Waals surface area contributed by atoms with E-state index in [1.807, 2.05) is 48.5 Å². The Balaban J connectivity index is 1.44. The molecule has 10 nitrogen and oxygen atoms in total. The number of halogens is 1. The molecule has 6 aromatic rings. The van der Waals surface area contributed by atoms with E-state index in [0.717, 1.165) is 10.9 Å². The smallest absolute Gasteiger partial charge is 0.417 e. The lowest BCUT2D eigenvalue weighted by Gasteiger charge is -2.12. The molecule has 0 saturated carbocycles. The van der Waals surface area contributed by atoms with E-state index >= 15 is 0 Å². The van der Waals surface area contributed by atoms with Crippen LogP contribution >= 0.6 is 11.6 Å². The second kappa shape index (κ2) is 10.4. The molecule has 0 radical (unpaired) electrons. The third-order valence-corrected chi connectivity index (χ3v) is 6.34. The molecule has 1 amide bonds. The third kappa shape index (κ3) is 4.79. The van der Waals surface area contributed by atoms with Crippen molar-refractivity contribution in [3.63, 3.8) is 0 Å². The lowest BCUT2D eigenvalue weighted by atomic mass is 10.0. The molecule has 0 aliphatic rings. The summed E-state index contributed by atoms with van der Waals surface area (Å²) in [6.45, 7) is 0. The summed E-state index contributed by atoms with van der Waals surface area (Å²) in [7, 11) is 1.48. The molecule has 0 bridgehead atoms. The Labute approximate surface area is 231 Å². The summed E-state index contributed by atoms with van der Waals surface area (Å²) >= 11 is 6.57. The van der Waals surface area contributed by atoms with E-state index in [0.29, 0.717) is 33.4 Å². The van der Waals surface area contributed by atoms with Gasteiger partial charge in [-0.2, -0.15) is 0 Å². The Morgan fingerprint density at radius 2 is 1.75 bits per heavy atom. The van der Waals surface area contributed by atoms with E-state index in [-0.39, 0.29) is 22.6 Å². The number of ether oxygens (including phenoxy) is 2. The van der Waals surface area contributed by atoms with Crippen molar-refractivity contribution in [2.45, 2.75) is 0 Å². The average molecular weight is 551 g/mol. The first kappa shape index (κ1) is 25.0. The summed E-state index contributed by atoms with van der Waals surface area (Å²) in [6.07, 6.45) is 3.47. The number of aromatic nitrogens is 5. The Kier molecular flexibility index (Phi) is 6.51. The van der Waals surface area contributed by atoms with Gasteiger partial charge in [0.05, 0.1) is 35.2 Å². The number of nitrogens with zero attached hydrogens (tertiary/aromatic N) is 4. The van der Waals surface area contributed by atoms with Crippen molar-refractivity contribution < 1.29 is 14.3 Å². The van der Waals surface area contributed by atoms with Crippen LogP contribution in [0.15, 0.2) is 90.1 Å². The minimum atomic E-state index is -0.875. The van der Waals surface area contributed by atoms with Crippen LogP contribution in [-0.4, -0.2) is 38.1 Å². The fourth-order valence-corrected chi connectivity index (χ4v) is 4.47. The van der Waals surface area contributed by atoms with Gasteiger partial charge in [-0.3, -0.25) is 15.1 Å². The molecule has 6 rings (SSSR count). The monoisotopic (exact) mass is 550 g/mol. The SMILES string of the molecule is COc1ccc(OC(=O)Nc2c[nH]c3nc(-c4ccccc4)c(-c4cc(Cl)c5ncccc5c4)nc3c2=O)cn1. The predicted molar refractivity (Wildman–Crippen MR) is 152 cm³/mol. The summed E-state index contributed by atoms with van der Waals surface area (Å²) in [5, 5.41) is 3.71. The van der Waals surface area contributed by atoms with Crippen LogP contribution in [0, 0.1) is 0 Å². The standard InChI is InChI=1S/C29H19ClN6O4/c1-39-22-10-9-19(14-32-22)40-29(38)34-21-15-33-28-26(27(21)37)35-25(24(36-28)16-6-3-2-4-7-16)18-12-17-8-5-11-31-23(17)20(30)13-18/h2-15H,1H3,(H,34,38)(H,33,36,37). The van der Waals surface area contributed by atoms with E-state index in [4.69, 9.17) is 31.0 Å². The van der Waals surface area contributed by atoms with Crippen molar-refractivity contribution in [3.05, 3.63) is 101 Å². The molecule has 0 atom stereocenters. The molecule has 0 unspecified atom stereocenters. The van der Waals surface area contributed by atoms with E-state index in [1.54, 1.807) is 18.3 Å². The number of amides is 1. The first-order chi connectivity index (χ1) is 19.5. The molecule has 2 N–H and O–H groups in total. The number of hydrogen-bond donors (Lipinski definition) is 2. The lowest BCUT2D eigenvalue weighted by Crippen LogP contribution is -2.22. The molecule has 0 fully saturated rings. The van der Waals surface area contributed by atoms with Gasteiger partial charge in [0.15, 0.2) is 16.9 Å². The lowest BCUT2D eigenvalue weighted by molar-refractivity contribution is 0.215. The minimum absolute atomic E-state index is 0.0287. The summed E-state index contributed by atoms with van der Waals surface area (Å²) in [6, 6.07) is 19.9. The van der Waals surface area contributed by atoms with E-state index in [1.165, 1.54) is 25.6 Å². The van der Waals surface area contributed by atoms with Gasteiger partial charge in [-0.05, 0) is 24.3 Å². The first-order valence-electron chi connectivity index (χ1n) is 12.0. The average Bonchev–Trinajstić information content (AvgIpc) is 2.99. The molecule has 11 heteroatoms. The number of pyridine rings is 3. The fourth-order valence-electron chi connectivity index (χ4n) is 4.19. The molecule has 0 aliphatic heterocycles. The molecule has 0 aliphatic carbocycles. The number of benzene rings is 2. The molecule has 0 saturated heterocycles. The highest BCUT2D eigenvalue weighted by Crippen LogP contribution is 2.34. The summed E-state index contributed by atoms with van der Waals surface area (Å²) in [4.78, 5) is 46.8. The van der Waals surface area contributed by atoms with Gasteiger partial charge < -0.3 is 14.5 Å². The van der Waals surface area contributed by atoms with Gasteiger partial charge in [0.25, 0.3) is 0 Å². The van der Waals surface area contributed by atoms with Crippen LogP contribution in [0.4, 0.5) is 10.5 Å². The van der Waals surface area contributed by atoms with Crippen LogP contribution in [0.2, 0.25) is 5.02 Å². The van der Waals surface area contributed by atoms with Crippen LogP contribution in [0.5, 0.6) is 11.6 Å². The van der Waals surface area contributed by atoms with E-state index in [2.05, 4.69) is 20.3 Å². The highest BCUT2D eigenvalue weighted by Gasteiger charge is 2.19. The quantitative estimate of drug-likeness (QED) is 0.272. The van der Waals surface area contributed by atoms with Crippen LogP contribution in [0.25, 0.3) is 44.6 Å². The molecular formula is C29H19ClN6O4. The van der Waals surface area contributed by atoms with Crippen molar-refractivity contribution in [2.75, 3.05) is 12.4 Å². The predicted octanol–water partition coefficient (Wildman–Crippen LogP) is 5.87. The first-order valence-corrected chi connectivity index (χ1v) is 12.4. The van der Waals surface area contributed by atoms with Gasteiger partial charge in [-0.1, -0.05) is 48.0 Å². The second-order valence-corrected chi connectivity index (χ2v) is 9.01. The number of carbonyl (C=O) groups is 1. The van der Waals surface area contributed by atoms with Gasteiger partial charge in [0, 0.05) is 35.0 Å². The summed E-state index contributed by atoms with van der Waals surface area (Å²) < 4.78 is 10.2. The molecule has 0 spiro atoms. The molecular weight excluding hydrogens is 532 g/mol. The van der Waals surface area contributed by atoms with Gasteiger partial charge in [0.1, 0.15) is 5.69 Å². The van der Waals surface area contributed by atoms with Crippen molar-refractivity contribution in [1.29, 1.82) is 0 Å². The maximum atomic E-state index is 13.5. The number of fused-ring (bicyclic) bond motifs is 2. The number of nitrogens with one attached hydrogen (secondary N) is 2. The van der Waals surface area contributed by atoms with E-state index < -0.39 is 11.5 Å². The number of rotatable bonds is 5. The normalized spacial score (nSPS) is 10.9. The highest BCUT2D eigenvalue weighted by molar-refractivity contribution is 6.35. The number of hydrogen-bond acceptors (Lipinski definition) is 8. The Morgan fingerprint density at radius 1 is 0.925 bits per heavy atom. The number of carbonyl (C=O) groups excluding carboxylic acids is 1. The van der Waals surface area contributed by atoms with Crippen LogP contribution in [0.3, 0.4) is 0 Å². The molecule has 4 heterocycles.